The zero-order valence-corrected chi connectivity index (χ0v) is 8.40. The predicted molar refractivity (Wildman–Crippen MR) is 56.5 cm³/mol. The van der Waals surface area contributed by atoms with E-state index in [0.29, 0.717) is 11.3 Å². The number of aryl methyl sites for hydroxylation is 1. The lowest BCUT2D eigenvalue weighted by Gasteiger charge is -2.19. The Morgan fingerprint density at radius 1 is 1.60 bits per heavy atom. The van der Waals surface area contributed by atoms with Crippen LogP contribution in [0.25, 0.3) is 0 Å². The molecule has 0 aliphatic heterocycles. The third-order valence-corrected chi connectivity index (χ3v) is 2.15. The molecule has 0 radical (unpaired) electrons. The van der Waals surface area contributed by atoms with Gasteiger partial charge in [0.25, 0.3) is 0 Å². The van der Waals surface area contributed by atoms with Crippen LogP contribution >= 0.6 is 0 Å². The Morgan fingerprint density at radius 3 is 2.80 bits per heavy atom. The second-order valence-electron chi connectivity index (χ2n) is 3.05. The Hall–Kier alpha value is -1.63. The van der Waals surface area contributed by atoms with Crippen LogP contribution in [-0.4, -0.2) is 11.1 Å². The number of anilines is 1. The maximum atomic E-state index is 11.2. The van der Waals surface area contributed by atoms with E-state index in [4.69, 9.17) is 16.8 Å². The summed E-state index contributed by atoms with van der Waals surface area (Å²) in [5.41, 5.74) is 3.80. The molecule has 6 heteroatoms. The first-order valence-electron chi connectivity index (χ1n) is 4.36. The Morgan fingerprint density at radius 2 is 2.27 bits per heavy atom. The van der Waals surface area contributed by atoms with Gasteiger partial charge in [-0.15, -0.1) is 0 Å². The van der Waals surface area contributed by atoms with Crippen molar-refractivity contribution < 1.29 is 9.90 Å². The van der Waals surface area contributed by atoms with Gasteiger partial charge in [0, 0.05) is 5.56 Å². The molecular weight excluding hydrogens is 196 g/mol. The summed E-state index contributed by atoms with van der Waals surface area (Å²) in [4.78, 5) is 11.2. The van der Waals surface area contributed by atoms with Gasteiger partial charge in [0.15, 0.2) is 0 Å². The summed E-state index contributed by atoms with van der Waals surface area (Å²) in [6.07, 6.45) is 0. The monoisotopic (exact) mass is 210 g/mol. The van der Waals surface area contributed by atoms with E-state index in [-0.39, 0.29) is 6.61 Å². The number of carbonyl (C=O) groups is 1. The average Bonchev–Trinajstić information content (AvgIpc) is 2.26. The molecule has 1 rings (SSSR count). The number of hydrogen-bond acceptors (Lipinski definition) is 4. The van der Waals surface area contributed by atoms with E-state index >= 15 is 0 Å². The first kappa shape index (κ1) is 11.4. The van der Waals surface area contributed by atoms with Gasteiger partial charge in [-0.2, -0.15) is 0 Å². The van der Waals surface area contributed by atoms with Crippen LogP contribution in [0.3, 0.4) is 0 Å². The summed E-state index contributed by atoms with van der Waals surface area (Å²) in [5, 5.41) is 10.0. The normalized spacial score (nSPS) is 9.87. The number of nitrogens with one attached hydrogen (secondary N) is 1. The molecule has 0 aliphatic rings. The first-order chi connectivity index (χ1) is 7.11. The van der Waals surface area contributed by atoms with Gasteiger partial charge in [-0.05, 0) is 18.6 Å². The van der Waals surface area contributed by atoms with Crippen LogP contribution in [0.2, 0.25) is 0 Å². The van der Waals surface area contributed by atoms with Crippen LogP contribution in [0.15, 0.2) is 18.2 Å². The zero-order chi connectivity index (χ0) is 11.4. The van der Waals surface area contributed by atoms with E-state index < -0.39 is 6.03 Å². The van der Waals surface area contributed by atoms with Gasteiger partial charge in [-0.3, -0.25) is 5.43 Å². The van der Waals surface area contributed by atoms with Crippen molar-refractivity contribution in [3.05, 3.63) is 29.3 Å². The molecule has 6 nitrogen and oxygen atoms in total. The molecule has 82 valence electrons. The number of carbonyl (C=O) groups excluding carboxylic acids is 1. The highest BCUT2D eigenvalue weighted by Gasteiger charge is 2.14. The molecular formula is C9H14N4O2. The van der Waals surface area contributed by atoms with Gasteiger partial charge in [-0.1, -0.05) is 12.1 Å². The second-order valence-corrected chi connectivity index (χ2v) is 3.05. The molecule has 2 amide bonds. The Kier molecular flexibility index (Phi) is 3.62. The fraction of sp³-hybridized carbons (Fsp3) is 0.222. The molecule has 6 N–H and O–H groups in total. The van der Waals surface area contributed by atoms with Crippen LogP contribution in [0.4, 0.5) is 10.5 Å². The maximum Gasteiger partial charge on any atom is 0.350 e. The van der Waals surface area contributed by atoms with Crippen molar-refractivity contribution >= 4 is 11.7 Å². The van der Waals surface area contributed by atoms with E-state index in [0.717, 1.165) is 10.6 Å². The maximum absolute atomic E-state index is 11.2. The number of nitrogens with two attached hydrogens (primary N) is 2. The number of benzene rings is 1. The minimum absolute atomic E-state index is 0.187. The summed E-state index contributed by atoms with van der Waals surface area (Å²) in [6.45, 7) is 1.64. The van der Waals surface area contributed by atoms with Gasteiger partial charge in [0.05, 0.1) is 12.3 Å². The van der Waals surface area contributed by atoms with Crippen molar-refractivity contribution in [2.24, 2.45) is 11.7 Å². The standard InChI is InChI=1S/C9H14N4O2/c1-6-3-2-4-8(7(6)5-14)13(11)9(15)12-10/h2-4,14H,5,10-11H2,1H3,(H,12,15). The molecule has 0 atom stereocenters. The minimum atomic E-state index is -0.643. The number of urea groups is 1. The SMILES string of the molecule is Cc1cccc(N(N)C(=O)NN)c1CO. The third kappa shape index (κ3) is 2.24. The molecule has 0 saturated heterocycles. The highest BCUT2D eigenvalue weighted by atomic mass is 16.3. The van der Waals surface area contributed by atoms with E-state index in [1.165, 1.54) is 0 Å². The molecule has 0 bridgehead atoms. The van der Waals surface area contributed by atoms with Crippen molar-refractivity contribution in [1.29, 1.82) is 0 Å². The second kappa shape index (κ2) is 4.74. The summed E-state index contributed by atoms with van der Waals surface area (Å²) in [7, 11) is 0. The summed E-state index contributed by atoms with van der Waals surface area (Å²) < 4.78 is 0. The van der Waals surface area contributed by atoms with Gasteiger partial charge < -0.3 is 5.11 Å². The number of hydrazine groups is 2. The average molecular weight is 210 g/mol. The van der Waals surface area contributed by atoms with E-state index in [1.54, 1.807) is 12.1 Å². The van der Waals surface area contributed by atoms with Crippen LogP contribution in [0, 0.1) is 6.92 Å². The lowest BCUT2D eigenvalue weighted by atomic mass is 10.1. The zero-order valence-electron chi connectivity index (χ0n) is 8.40. The third-order valence-electron chi connectivity index (χ3n) is 2.15. The largest absolute Gasteiger partial charge is 0.392 e. The van der Waals surface area contributed by atoms with Gasteiger partial charge in [-0.25, -0.2) is 21.5 Å². The lowest BCUT2D eigenvalue weighted by Crippen LogP contribution is -2.48. The number of amides is 2. The first-order valence-corrected chi connectivity index (χ1v) is 4.36. The fourth-order valence-electron chi connectivity index (χ4n) is 1.30. The summed E-state index contributed by atoms with van der Waals surface area (Å²) in [5.74, 6) is 10.5. The van der Waals surface area contributed by atoms with E-state index in [1.807, 2.05) is 18.4 Å². The lowest BCUT2D eigenvalue weighted by molar-refractivity contribution is 0.246. The number of nitrogens with zero attached hydrogens (tertiary/aromatic N) is 1. The topological polar surface area (TPSA) is 105 Å². The molecule has 1 aromatic carbocycles. The molecule has 0 aromatic heterocycles. The summed E-state index contributed by atoms with van der Waals surface area (Å²) >= 11 is 0. The molecule has 0 spiro atoms. The minimum Gasteiger partial charge on any atom is -0.392 e. The number of hydrogen-bond donors (Lipinski definition) is 4. The Bertz CT molecular complexity index is 367. The molecule has 0 aliphatic carbocycles. The van der Waals surface area contributed by atoms with Crippen LogP contribution in [0.1, 0.15) is 11.1 Å². The van der Waals surface area contributed by atoms with Crippen molar-refractivity contribution in [2.75, 3.05) is 5.01 Å². The van der Waals surface area contributed by atoms with Crippen LogP contribution < -0.4 is 22.1 Å². The highest BCUT2D eigenvalue weighted by molar-refractivity contribution is 5.91. The molecule has 0 fully saturated rings. The molecule has 1 aromatic rings. The van der Waals surface area contributed by atoms with Crippen molar-refractivity contribution in [1.82, 2.24) is 5.43 Å². The summed E-state index contributed by atoms with van der Waals surface area (Å²) in [6, 6.07) is 4.56. The van der Waals surface area contributed by atoms with Crippen molar-refractivity contribution in [3.8, 4) is 0 Å². The molecule has 0 heterocycles. The van der Waals surface area contributed by atoms with Crippen LogP contribution in [-0.2, 0) is 6.61 Å². The number of aliphatic hydroxyl groups excluding tert-OH is 1. The van der Waals surface area contributed by atoms with Gasteiger partial charge in [0.1, 0.15) is 0 Å². The fourth-order valence-corrected chi connectivity index (χ4v) is 1.30. The van der Waals surface area contributed by atoms with Gasteiger partial charge in [0.2, 0.25) is 0 Å². The number of aliphatic hydroxyl groups is 1. The van der Waals surface area contributed by atoms with E-state index in [9.17, 15) is 4.79 Å². The highest BCUT2D eigenvalue weighted by Crippen LogP contribution is 2.21. The quantitative estimate of drug-likeness (QED) is 0.307. The molecule has 0 unspecified atom stereocenters. The van der Waals surface area contributed by atoms with Crippen molar-refractivity contribution in [3.63, 3.8) is 0 Å². The Labute approximate surface area is 87.4 Å². The smallest absolute Gasteiger partial charge is 0.350 e. The van der Waals surface area contributed by atoms with E-state index in [2.05, 4.69) is 0 Å². The molecule has 15 heavy (non-hydrogen) atoms. The van der Waals surface area contributed by atoms with Gasteiger partial charge >= 0.3 is 6.03 Å². The number of rotatable bonds is 2. The molecule has 0 saturated carbocycles. The predicted octanol–water partition coefficient (Wildman–Crippen LogP) is -0.249. The van der Waals surface area contributed by atoms with Crippen LogP contribution in [0.5, 0.6) is 0 Å². The van der Waals surface area contributed by atoms with Crippen molar-refractivity contribution in [2.45, 2.75) is 13.5 Å². The Balaban J connectivity index is 3.13.